The monoisotopic (exact) mass is 420 g/mol. The lowest BCUT2D eigenvalue weighted by atomic mass is 10.1. The molecule has 1 amide bonds. The number of ether oxygens (including phenoxy) is 1. The zero-order valence-corrected chi connectivity index (χ0v) is 16.8. The number of anilines is 1. The molecule has 0 saturated carbocycles. The summed E-state index contributed by atoms with van der Waals surface area (Å²) in [4.78, 5) is 12.5. The van der Waals surface area contributed by atoms with Crippen LogP contribution in [0.2, 0.25) is 5.02 Å². The topological polar surface area (TPSA) is 75.7 Å². The van der Waals surface area contributed by atoms with Crippen molar-refractivity contribution >= 4 is 33.2 Å². The zero-order valence-electron chi connectivity index (χ0n) is 15.2. The van der Waals surface area contributed by atoms with Gasteiger partial charge in [0.15, 0.2) is 0 Å². The summed E-state index contributed by atoms with van der Waals surface area (Å²) in [5, 5.41) is 3.00. The Hall–Kier alpha value is -2.09. The van der Waals surface area contributed by atoms with Crippen LogP contribution in [0.4, 0.5) is 5.69 Å². The molecule has 1 fully saturated rings. The molecule has 2 aromatic carbocycles. The van der Waals surface area contributed by atoms with E-state index in [1.807, 2.05) is 18.2 Å². The summed E-state index contributed by atoms with van der Waals surface area (Å²) in [5.41, 5.74) is 1.90. The second kappa shape index (κ2) is 7.73. The van der Waals surface area contributed by atoms with Gasteiger partial charge in [0.1, 0.15) is 4.90 Å². The average Bonchev–Trinajstić information content (AvgIpc) is 3.14. The van der Waals surface area contributed by atoms with E-state index in [1.165, 1.54) is 22.5 Å². The lowest BCUT2D eigenvalue weighted by molar-refractivity contribution is 0.0624. The van der Waals surface area contributed by atoms with Crippen LogP contribution >= 0.6 is 11.6 Å². The number of carbonyl (C=O) groups is 1. The quantitative estimate of drug-likeness (QED) is 0.824. The molecule has 0 aromatic heterocycles. The third-order valence-corrected chi connectivity index (χ3v) is 7.40. The molecule has 2 aliphatic heterocycles. The molecular formula is C20H21ClN2O4S. The van der Waals surface area contributed by atoms with Crippen LogP contribution in [-0.2, 0) is 21.2 Å². The first-order chi connectivity index (χ1) is 13.5. The molecule has 4 rings (SSSR count). The predicted octanol–water partition coefficient (Wildman–Crippen LogP) is 3.00. The van der Waals surface area contributed by atoms with Crippen LogP contribution in [0.5, 0.6) is 0 Å². The fraction of sp³-hybridized carbons (Fsp3) is 0.350. The number of fused-ring (bicyclic) bond motifs is 1. The van der Waals surface area contributed by atoms with E-state index < -0.39 is 10.0 Å². The van der Waals surface area contributed by atoms with Crippen LogP contribution in [0.25, 0.3) is 0 Å². The van der Waals surface area contributed by atoms with Crippen LogP contribution in [0.15, 0.2) is 47.4 Å². The van der Waals surface area contributed by atoms with Crippen molar-refractivity contribution in [3.05, 3.63) is 58.6 Å². The minimum atomic E-state index is -3.88. The van der Waals surface area contributed by atoms with Gasteiger partial charge in [-0.2, -0.15) is 0 Å². The highest BCUT2D eigenvalue weighted by Crippen LogP contribution is 2.35. The number of sulfonamides is 1. The number of para-hydroxylation sites is 1. The van der Waals surface area contributed by atoms with Gasteiger partial charge in [-0.05, 0) is 49.1 Å². The third kappa shape index (κ3) is 3.62. The molecule has 1 N–H and O–H groups in total. The number of nitrogens with one attached hydrogen (secondary N) is 1. The number of amides is 1. The van der Waals surface area contributed by atoms with Crippen LogP contribution in [0.1, 0.15) is 28.8 Å². The summed E-state index contributed by atoms with van der Waals surface area (Å²) in [6.45, 7) is 1.52. The summed E-state index contributed by atoms with van der Waals surface area (Å²) >= 11 is 6.23. The van der Waals surface area contributed by atoms with E-state index in [1.54, 1.807) is 6.07 Å². The first-order valence-corrected chi connectivity index (χ1v) is 11.1. The van der Waals surface area contributed by atoms with E-state index in [0.29, 0.717) is 31.9 Å². The van der Waals surface area contributed by atoms with Gasteiger partial charge < -0.3 is 10.1 Å². The van der Waals surface area contributed by atoms with Crippen molar-refractivity contribution in [2.24, 2.45) is 0 Å². The van der Waals surface area contributed by atoms with Gasteiger partial charge in [-0.1, -0.05) is 29.8 Å². The fourth-order valence-electron chi connectivity index (χ4n) is 3.64. The summed E-state index contributed by atoms with van der Waals surface area (Å²) in [6, 6.07) is 11.7. The molecule has 0 aliphatic carbocycles. The SMILES string of the molecule is O=C(NC1CCCOC1)c1ccc(Cl)c(S(=O)(=O)N2CCc3ccccc32)c1. The van der Waals surface area contributed by atoms with Crippen LogP contribution < -0.4 is 9.62 Å². The van der Waals surface area contributed by atoms with Crippen molar-refractivity contribution in [2.75, 3.05) is 24.1 Å². The van der Waals surface area contributed by atoms with Gasteiger partial charge in [-0.3, -0.25) is 9.10 Å². The molecule has 8 heteroatoms. The Labute approximate surface area is 169 Å². The molecule has 1 atom stereocenters. The number of hydrogen-bond acceptors (Lipinski definition) is 4. The molecular weight excluding hydrogens is 400 g/mol. The first kappa shape index (κ1) is 19.2. The summed E-state index contributed by atoms with van der Waals surface area (Å²) < 4.78 is 33.3. The van der Waals surface area contributed by atoms with Crippen LogP contribution in [0.3, 0.4) is 0 Å². The number of nitrogens with zero attached hydrogens (tertiary/aromatic N) is 1. The van der Waals surface area contributed by atoms with Crippen molar-refractivity contribution in [1.82, 2.24) is 5.32 Å². The Morgan fingerprint density at radius 1 is 1.21 bits per heavy atom. The van der Waals surface area contributed by atoms with Gasteiger partial charge in [0, 0.05) is 18.7 Å². The van der Waals surface area contributed by atoms with Gasteiger partial charge in [0.05, 0.1) is 23.4 Å². The van der Waals surface area contributed by atoms with E-state index in [2.05, 4.69) is 5.32 Å². The number of rotatable bonds is 4. The van der Waals surface area contributed by atoms with E-state index in [0.717, 1.165) is 18.4 Å². The second-order valence-electron chi connectivity index (χ2n) is 6.99. The Morgan fingerprint density at radius 3 is 2.82 bits per heavy atom. The molecule has 2 aliphatic rings. The maximum absolute atomic E-state index is 13.3. The number of benzene rings is 2. The van der Waals surface area contributed by atoms with Gasteiger partial charge in [-0.25, -0.2) is 8.42 Å². The van der Waals surface area contributed by atoms with Crippen molar-refractivity contribution in [3.8, 4) is 0 Å². The first-order valence-electron chi connectivity index (χ1n) is 9.25. The smallest absolute Gasteiger partial charge is 0.265 e. The third-order valence-electron chi connectivity index (χ3n) is 5.10. The maximum Gasteiger partial charge on any atom is 0.265 e. The minimum Gasteiger partial charge on any atom is -0.379 e. The lowest BCUT2D eigenvalue weighted by Crippen LogP contribution is -2.40. The summed E-state index contributed by atoms with van der Waals surface area (Å²) in [7, 11) is -3.88. The standard InChI is InChI=1S/C20H21ClN2O4S/c21-17-8-7-15(20(24)22-16-5-3-11-27-13-16)12-19(17)28(25,26)23-10-9-14-4-1-2-6-18(14)23/h1-2,4,6-8,12,16H,3,5,9-11,13H2,(H,22,24). The van der Waals surface area contributed by atoms with Gasteiger partial charge in [-0.15, -0.1) is 0 Å². The van der Waals surface area contributed by atoms with Gasteiger partial charge in [0.2, 0.25) is 0 Å². The van der Waals surface area contributed by atoms with Crippen molar-refractivity contribution in [1.29, 1.82) is 0 Å². The Balaban J connectivity index is 1.63. The van der Waals surface area contributed by atoms with E-state index in [9.17, 15) is 13.2 Å². The fourth-order valence-corrected chi connectivity index (χ4v) is 5.65. The largest absolute Gasteiger partial charge is 0.379 e. The minimum absolute atomic E-state index is 0.0570. The maximum atomic E-state index is 13.3. The highest BCUT2D eigenvalue weighted by Gasteiger charge is 2.32. The van der Waals surface area contributed by atoms with E-state index in [4.69, 9.17) is 16.3 Å². The molecule has 1 unspecified atom stereocenters. The second-order valence-corrected chi connectivity index (χ2v) is 9.23. The Kier molecular flexibility index (Phi) is 5.31. The molecule has 0 spiro atoms. The molecule has 6 nitrogen and oxygen atoms in total. The molecule has 0 radical (unpaired) electrons. The van der Waals surface area contributed by atoms with E-state index in [-0.39, 0.29) is 27.4 Å². The van der Waals surface area contributed by atoms with Gasteiger partial charge in [0.25, 0.3) is 15.9 Å². The molecule has 148 valence electrons. The van der Waals surface area contributed by atoms with Crippen molar-refractivity contribution < 1.29 is 17.9 Å². The predicted molar refractivity (Wildman–Crippen MR) is 107 cm³/mol. The highest BCUT2D eigenvalue weighted by atomic mass is 35.5. The van der Waals surface area contributed by atoms with Crippen LogP contribution in [-0.4, -0.2) is 40.1 Å². The van der Waals surface area contributed by atoms with Gasteiger partial charge >= 0.3 is 0 Å². The zero-order chi connectivity index (χ0) is 19.7. The van der Waals surface area contributed by atoms with Crippen molar-refractivity contribution in [3.63, 3.8) is 0 Å². The van der Waals surface area contributed by atoms with Crippen LogP contribution in [0, 0.1) is 0 Å². The molecule has 2 aromatic rings. The Bertz CT molecular complexity index is 1000. The number of carbonyl (C=O) groups excluding carboxylic acids is 1. The summed E-state index contributed by atoms with van der Waals surface area (Å²) in [5.74, 6) is -0.328. The normalized spacial score (nSPS) is 19.3. The molecule has 28 heavy (non-hydrogen) atoms. The van der Waals surface area contributed by atoms with Crippen molar-refractivity contribution in [2.45, 2.75) is 30.2 Å². The molecule has 1 saturated heterocycles. The summed E-state index contributed by atoms with van der Waals surface area (Å²) in [6.07, 6.45) is 2.38. The number of hydrogen-bond donors (Lipinski definition) is 1. The Morgan fingerprint density at radius 2 is 2.04 bits per heavy atom. The molecule has 0 bridgehead atoms. The number of halogens is 1. The van der Waals surface area contributed by atoms with E-state index >= 15 is 0 Å². The lowest BCUT2D eigenvalue weighted by Gasteiger charge is -2.23. The average molecular weight is 421 g/mol. The molecule has 2 heterocycles. The highest BCUT2D eigenvalue weighted by molar-refractivity contribution is 7.93.